The van der Waals surface area contributed by atoms with Gasteiger partial charge in [-0.25, -0.2) is 0 Å². The maximum atomic E-state index is 13.0. The van der Waals surface area contributed by atoms with Crippen LogP contribution in [0.1, 0.15) is 30.4 Å². The van der Waals surface area contributed by atoms with Gasteiger partial charge in [0, 0.05) is 29.5 Å². The summed E-state index contributed by atoms with van der Waals surface area (Å²) in [6.07, 6.45) is 3.79. The van der Waals surface area contributed by atoms with Gasteiger partial charge in [0.1, 0.15) is 12.3 Å². The SMILES string of the molecule is CCOc1ccc(-n2cccc2[C@H]2[C@@H](c3ccccn3)NC(=S)N2CC(=O)Nc2ccccc2)cc1. The van der Waals surface area contributed by atoms with Crippen LogP contribution in [0.3, 0.4) is 0 Å². The first-order chi connectivity index (χ1) is 17.6. The van der Waals surface area contributed by atoms with Crippen LogP contribution >= 0.6 is 12.2 Å². The van der Waals surface area contributed by atoms with Crippen molar-refractivity contribution >= 4 is 28.9 Å². The Bertz CT molecular complexity index is 1330. The number of para-hydroxylation sites is 1. The molecule has 1 saturated heterocycles. The van der Waals surface area contributed by atoms with E-state index in [2.05, 4.69) is 26.3 Å². The predicted octanol–water partition coefficient (Wildman–Crippen LogP) is 4.88. The molecule has 7 nitrogen and oxygen atoms in total. The highest BCUT2D eigenvalue weighted by Crippen LogP contribution is 2.39. The molecular weight excluding hydrogens is 470 g/mol. The second-order valence-corrected chi connectivity index (χ2v) is 8.79. The summed E-state index contributed by atoms with van der Waals surface area (Å²) in [6, 6.07) is 26.8. The summed E-state index contributed by atoms with van der Waals surface area (Å²) in [5.41, 5.74) is 3.59. The van der Waals surface area contributed by atoms with Gasteiger partial charge >= 0.3 is 0 Å². The van der Waals surface area contributed by atoms with Crippen LogP contribution in [0.15, 0.2) is 97.3 Å². The lowest BCUT2D eigenvalue weighted by Crippen LogP contribution is -2.37. The maximum Gasteiger partial charge on any atom is 0.244 e. The fourth-order valence-corrected chi connectivity index (χ4v) is 4.82. The number of hydrogen-bond donors (Lipinski definition) is 2. The van der Waals surface area contributed by atoms with E-state index < -0.39 is 0 Å². The van der Waals surface area contributed by atoms with E-state index in [0.717, 1.165) is 28.5 Å². The number of amides is 1. The van der Waals surface area contributed by atoms with Crippen LogP contribution in [-0.2, 0) is 4.79 Å². The lowest BCUT2D eigenvalue weighted by molar-refractivity contribution is -0.116. The van der Waals surface area contributed by atoms with E-state index in [1.54, 1.807) is 6.20 Å². The number of carbonyl (C=O) groups is 1. The highest BCUT2D eigenvalue weighted by atomic mass is 32.1. The van der Waals surface area contributed by atoms with E-state index in [-0.39, 0.29) is 24.5 Å². The number of hydrogen-bond acceptors (Lipinski definition) is 4. The molecule has 182 valence electrons. The molecule has 0 bridgehead atoms. The molecule has 2 atom stereocenters. The van der Waals surface area contributed by atoms with E-state index >= 15 is 0 Å². The van der Waals surface area contributed by atoms with Gasteiger partial charge in [-0.05, 0) is 79.8 Å². The van der Waals surface area contributed by atoms with Crippen LogP contribution in [-0.4, -0.2) is 38.6 Å². The predicted molar refractivity (Wildman–Crippen MR) is 144 cm³/mol. The molecular formula is C28H27N5O2S. The number of nitrogens with one attached hydrogen (secondary N) is 2. The van der Waals surface area contributed by atoms with Gasteiger partial charge in [-0.15, -0.1) is 0 Å². The van der Waals surface area contributed by atoms with Crippen molar-refractivity contribution in [2.24, 2.45) is 0 Å². The minimum atomic E-state index is -0.254. The minimum Gasteiger partial charge on any atom is -0.494 e. The zero-order chi connectivity index (χ0) is 24.9. The Morgan fingerprint density at radius 2 is 1.81 bits per heavy atom. The molecule has 1 aliphatic heterocycles. The second-order valence-electron chi connectivity index (χ2n) is 8.40. The Morgan fingerprint density at radius 3 is 2.53 bits per heavy atom. The molecule has 3 heterocycles. The number of thiocarbonyl (C=S) groups is 1. The monoisotopic (exact) mass is 497 g/mol. The standard InChI is InChI=1S/C28H27N5O2S/c1-2-35-22-15-13-21(14-16-22)32-18-8-12-24(32)27-26(23-11-6-7-17-29-23)31-28(36)33(27)19-25(34)30-20-9-4-3-5-10-20/h3-18,26-27H,2,19H2,1H3,(H,30,34)(H,31,36)/t26-,27+/m1/s1. The molecule has 4 aromatic rings. The topological polar surface area (TPSA) is 71.4 Å². The van der Waals surface area contributed by atoms with Crippen molar-refractivity contribution in [2.75, 3.05) is 18.5 Å². The molecule has 1 fully saturated rings. The molecule has 2 aromatic heterocycles. The molecule has 5 rings (SSSR count). The van der Waals surface area contributed by atoms with Gasteiger partial charge in [0.15, 0.2) is 5.11 Å². The third kappa shape index (κ3) is 4.94. The molecule has 0 radical (unpaired) electrons. The van der Waals surface area contributed by atoms with Crippen molar-refractivity contribution in [3.8, 4) is 11.4 Å². The Hall–Kier alpha value is -4.17. The van der Waals surface area contributed by atoms with Crippen LogP contribution in [0.5, 0.6) is 5.75 Å². The van der Waals surface area contributed by atoms with Crippen LogP contribution in [0.25, 0.3) is 5.69 Å². The molecule has 0 aliphatic carbocycles. The number of rotatable bonds is 8. The molecule has 8 heteroatoms. The average Bonchev–Trinajstić information content (AvgIpc) is 3.50. The fourth-order valence-electron chi connectivity index (χ4n) is 4.51. The summed E-state index contributed by atoms with van der Waals surface area (Å²) in [5.74, 6) is 0.681. The van der Waals surface area contributed by atoms with Crippen molar-refractivity contribution in [2.45, 2.75) is 19.0 Å². The lowest BCUT2D eigenvalue weighted by atomic mass is 10.0. The van der Waals surface area contributed by atoms with Gasteiger partial charge < -0.3 is 24.8 Å². The van der Waals surface area contributed by atoms with Crippen molar-refractivity contribution in [1.82, 2.24) is 19.8 Å². The Morgan fingerprint density at radius 1 is 1.03 bits per heavy atom. The number of carbonyl (C=O) groups excluding carboxylic acids is 1. The highest BCUT2D eigenvalue weighted by Gasteiger charge is 2.42. The first kappa shape index (κ1) is 23.6. The van der Waals surface area contributed by atoms with Gasteiger partial charge in [-0.3, -0.25) is 9.78 Å². The van der Waals surface area contributed by atoms with Gasteiger partial charge in [0.2, 0.25) is 5.91 Å². The summed E-state index contributed by atoms with van der Waals surface area (Å²) >= 11 is 5.74. The van der Waals surface area contributed by atoms with Crippen molar-refractivity contribution in [3.63, 3.8) is 0 Å². The zero-order valence-electron chi connectivity index (χ0n) is 19.9. The number of ether oxygens (including phenoxy) is 1. The molecule has 0 saturated carbocycles. The van der Waals surface area contributed by atoms with Gasteiger partial charge in [0.05, 0.1) is 24.4 Å². The normalized spacial score (nSPS) is 17.0. The molecule has 2 N–H and O–H groups in total. The number of anilines is 1. The average molecular weight is 498 g/mol. The summed E-state index contributed by atoms with van der Waals surface area (Å²) in [5, 5.41) is 6.90. The summed E-state index contributed by atoms with van der Waals surface area (Å²) in [6.45, 7) is 2.68. The molecule has 0 spiro atoms. The van der Waals surface area contributed by atoms with Crippen LogP contribution in [0.4, 0.5) is 5.69 Å². The van der Waals surface area contributed by atoms with Crippen LogP contribution in [0.2, 0.25) is 0 Å². The fraction of sp³-hybridized carbons (Fsp3) is 0.179. The lowest BCUT2D eigenvalue weighted by Gasteiger charge is -2.28. The Balaban J connectivity index is 1.49. The van der Waals surface area contributed by atoms with Crippen molar-refractivity contribution in [1.29, 1.82) is 0 Å². The van der Waals surface area contributed by atoms with E-state index in [1.807, 2.05) is 96.9 Å². The molecule has 2 aromatic carbocycles. The van der Waals surface area contributed by atoms with Crippen LogP contribution < -0.4 is 15.4 Å². The Kier molecular flexibility index (Phi) is 6.95. The summed E-state index contributed by atoms with van der Waals surface area (Å²) < 4.78 is 7.73. The van der Waals surface area contributed by atoms with Crippen molar-refractivity contribution < 1.29 is 9.53 Å². The largest absolute Gasteiger partial charge is 0.494 e. The van der Waals surface area contributed by atoms with E-state index in [4.69, 9.17) is 17.0 Å². The molecule has 1 amide bonds. The third-order valence-electron chi connectivity index (χ3n) is 6.08. The summed E-state index contributed by atoms with van der Waals surface area (Å²) in [7, 11) is 0. The minimum absolute atomic E-state index is 0.100. The van der Waals surface area contributed by atoms with Crippen LogP contribution in [0, 0.1) is 0 Å². The zero-order valence-corrected chi connectivity index (χ0v) is 20.7. The van der Waals surface area contributed by atoms with Crippen molar-refractivity contribution in [3.05, 3.63) is 109 Å². The smallest absolute Gasteiger partial charge is 0.244 e. The van der Waals surface area contributed by atoms with Gasteiger partial charge in [-0.1, -0.05) is 24.3 Å². The number of pyridine rings is 1. The van der Waals surface area contributed by atoms with E-state index in [9.17, 15) is 4.79 Å². The molecule has 1 aliphatic rings. The Labute approximate surface area is 215 Å². The number of benzene rings is 2. The molecule has 0 unspecified atom stereocenters. The number of nitrogens with zero attached hydrogens (tertiary/aromatic N) is 3. The maximum absolute atomic E-state index is 13.0. The van der Waals surface area contributed by atoms with Gasteiger partial charge in [-0.2, -0.15) is 0 Å². The highest BCUT2D eigenvalue weighted by molar-refractivity contribution is 7.80. The quantitative estimate of drug-likeness (QED) is 0.338. The van der Waals surface area contributed by atoms with E-state index in [1.165, 1.54) is 0 Å². The molecule has 36 heavy (non-hydrogen) atoms. The second kappa shape index (κ2) is 10.6. The number of aromatic nitrogens is 2. The van der Waals surface area contributed by atoms with Gasteiger partial charge in [0.25, 0.3) is 0 Å². The van der Waals surface area contributed by atoms with E-state index in [0.29, 0.717) is 11.7 Å². The third-order valence-corrected chi connectivity index (χ3v) is 6.43. The first-order valence-electron chi connectivity index (χ1n) is 11.9. The first-order valence-corrected chi connectivity index (χ1v) is 12.3. The summed E-state index contributed by atoms with van der Waals surface area (Å²) in [4.78, 5) is 19.6.